The van der Waals surface area contributed by atoms with Gasteiger partial charge < -0.3 is 0 Å². The molecule has 0 N–H and O–H groups in total. The molecule has 0 saturated heterocycles. The summed E-state index contributed by atoms with van der Waals surface area (Å²) in [5.41, 5.74) is 15.9. The van der Waals surface area contributed by atoms with E-state index in [4.69, 9.17) is 15.0 Å². The zero-order valence-corrected chi connectivity index (χ0v) is 31.7. The summed E-state index contributed by atoms with van der Waals surface area (Å²) in [6, 6.07) is 52.9. The molecule has 0 spiro atoms. The third kappa shape index (κ3) is 8.06. The van der Waals surface area contributed by atoms with Crippen LogP contribution >= 0.6 is 0 Å². The fourth-order valence-electron chi connectivity index (χ4n) is 6.74. The lowest BCUT2D eigenvalue weighted by molar-refractivity contribution is 1.07. The van der Waals surface area contributed by atoms with Gasteiger partial charge in [0.2, 0.25) is 0 Å². The van der Waals surface area contributed by atoms with Gasteiger partial charge in [-0.05, 0) is 115 Å². The highest BCUT2D eigenvalue weighted by Gasteiger charge is 2.15. The predicted octanol–water partition coefficient (Wildman–Crippen LogP) is 12.6. The summed E-state index contributed by atoms with van der Waals surface area (Å²) >= 11 is 0. The second-order valence-electron chi connectivity index (χ2n) is 13.3. The molecular weight excluding hydrogens is 659 g/mol. The smallest absolute Gasteiger partial charge is 0.164 e. The summed E-state index contributed by atoms with van der Waals surface area (Å²) in [4.78, 5) is 24.2. The number of hydrogen-bond acceptors (Lipinski definition) is 5. The van der Waals surface area contributed by atoms with Crippen molar-refractivity contribution in [3.63, 3.8) is 0 Å². The van der Waals surface area contributed by atoms with Crippen LogP contribution in [-0.2, 0) is 0 Å². The SMILES string of the molecule is CC.Cc1cc(-c2ccc(-c3cc(-c4ccc(-c5cc(C)nc(C)c5)cc4)cc(-c4nc(-c5ccccc5)nc(-c5ccccc5)n4)c3)cc2)cc(C)n1. The molecule has 0 aliphatic rings. The lowest BCUT2D eigenvalue weighted by Crippen LogP contribution is -2.00. The maximum Gasteiger partial charge on any atom is 0.164 e. The maximum absolute atomic E-state index is 5.08. The monoisotopic (exact) mass is 701 g/mol. The first-order valence-electron chi connectivity index (χ1n) is 18.5. The number of hydrogen-bond donors (Lipinski definition) is 0. The van der Waals surface area contributed by atoms with E-state index >= 15 is 0 Å². The van der Waals surface area contributed by atoms with E-state index < -0.39 is 0 Å². The summed E-state index contributed by atoms with van der Waals surface area (Å²) in [5, 5.41) is 0. The third-order valence-electron chi connectivity index (χ3n) is 9.16. The molecule has 0 amide bonds. The highest BCUT2D eigenvalue weighted by Crippen LogP contribution is 2.35. The van der Waals surface area contributed by atoms with Gasteiger partial charge >= 0.3 is 0 Å². The highest BCUT2D eigenvalue weighted by molar-refractivity contribution is 5.82. The first-order valence-corrected chi connectivity index (χ1v) is 18.5. The molecule has 3 aromatic heterocycles. The van der Waals surface area contributed by atoms with Crippen LogP contribution in [0.25, 0.3) is 78.7 Å². The number of rotatable bonds is 7. The molecule has 5 aromatic carbocycles. The summed E-state index contributed by atoms with van der Waals surface area (Å²) in [5.74, 6) is 1.89. The Morgan fingerprint density at radius 1 is 0.241 bits per heavy atom. The first kappa shape index (κ1) is 35.8. The summed E-state index contributed by atoms with van der Waals surface area (Å²) in [6.45, 7) is 12.2. The van der Waals surface area contributed by atoms with E-state index in [-0.39, 0.29) is 0 Å². The Hall–Kier alpha value is -6.59. The van der Waals surface area contributed by atoms with E-state index in [1.54, 1.807) is 0 Å². The molecule has 8 aromatic rings. The first-order chi connectivity index (χ1) is 26.3. The van der Waals surface area contributed by atoms with Crippen molar-refractivity contribution in [3.8, 4) is 78.7 Å². The standard InChI is InChI=1S/C47H37N5.C2H6/c1-30-23-40(24-31(2)48-30)34-15-19-36(20-16-34)42-27-43(37-21-17-35(18-22-37)41-25-32(3)49-33(4)26-41)29-44(28-42)47-51-45(38-11-7-5-8-12-38)50-46(52-47)39-13-9-6-10-14-39;1-2/h5-29H,1-4H3;1-2H3. The maximum atomic E-state index is 5.08. The van der Waals surface area contributed by atoms with Gasteiger partial charge in [-0.15, -0.1) is 0 Å². The molecule has 0 saturated carbocycles. The lowest BCUT2D eigenvalue weighted by atomic mass is 9.93. The number of aryl methyl sites for hydroxylation is 4. The molecule has 0 radical (unpaired) electrons. The molecule has 5 nitrogen and oxygen atoms in total. The van der Waals surface area contributed by atoms with Gasteiger partial charge in [0.1, 0.15) is 0 Å². The molecule has 0 bridgehead atoms. The Balaban J connectivity index is 0.00000221. The average Bonchev–Trinajstić information content (AvgIpc) is 3.21. The van der Waals surface area contributed by atoms with Crippen molar-refractivity contribution in [3.05, 3.63) is 174 Å². The highest BCUT2D eigenvalue weighted by atomic mass is 15.0. The van der Waals surface area contributed by atoms with Crippen molar-refractivity contribution < 1.29 is 0 Å². The van der Waals surface area contributed by atoms with E-state index in [1.807, 2.05) is 102 Å². The van der Waals surface area contributed by atoms with Crippen LogP contribution in [0.2, 0.25) is 0 Å². The molecule has 0 fully saturated rings. The van der Waals surface area contributed by atoms with Gasteiger partial charge in [0.15, 0.2) is 17.5 Å². The summed E-state index contributed by atoms with van der Waals surface area (Å²) in [6.07, 6.45) is 0. The fourth-order valence-corrected chi connectivity index (χ4v) is 6.74. The van der Waals surface area contributed by atoms with E-state index in [9.17, 15) is 0 Å². The molecule has 5 heteroatoms. The Bertz CT molecular complexity index is 2310. The van der Waals surface area contributed by atoms with Gasteiger partial charge in [-0.2, -0.15) is 0 Å². The Kier molecular flexibility index (Phi) is 10.6. The molecular formula is C49H43N5. The van der Waals surface area contributed by atoms with Crippen molar-refractivity contribution in [1.82, 2.24) is 24.9 Å². The molecule has 8 rings (SSSR count). The summed E-state index contributed by atoms with van der Waals surface area (Å²) in [7, 11) is 0. The molecule has 3 heterocycles. The lowest BCUT2D eigenvalue weighted by Gasteiger charge is -2.13. The van der Waals surface area contributed by atoms with Gasteiger partial charge in [0.05, 0.1) is 0 Å². The molecule has 54 heavy (non-hydrogen) atoms. The number of benzene rings is 5. The zero-order valence-electron chi connectivity index (χ0n) is 31.7. The quantitative estimate of drug-likeness (QED) is 0.165. The van der Waals surface area contributed by atoms with Crippen LogP contribution in [0.1, 0.15) is 36.6 Å². The van der Waals surface area contributed by atoms with Crippen LogP contribution < -0.4 is 0 Å². The number of aromatic nitrogens is 5. The van der Waals surface area contributed by atoms with E-state index in [2.05, 4.69) is 101 Å². The fraction of sp³-hybridized carbons (Fsp3) is 0.122. The van der Waals surface area contributed by atoms with Crippen LogP contribution in [0.15, 0.2) is 152 Å². The van der Waals surface area contributed by atoms with Crippen LogP contribution in [0.4, 0.5) is 0 Å². The topological polar surface area (TPSA) is 64.5 Å². The van der Waals surface area contributed by atoms with E-state index in [0.29, 0.717) is 17.5 Å². The van der Waals surface area contributed by atoms with Crippen LogP contribution in [-0.4, -0.2) is 24.9 Å². The Morgan fingerprint density at radius 2 is 0.500 bits per heavy atom. The predicted molar refractivity (Wildman–Crippen MR) is 224 cm³/mol. The Morgan fingerprint density at radius 3 is 0.815 bits per heavy atom. The van der Waals surface area contributed by atoms with Crippen LogP contribution in [0.5, 0.6) is 0 Å². The van der Waals surface area contributed by atoms with Crippen LogP contribution in [0.3, 0.4) is 0 Å². The summed E-state index contributed by atoms with van der Waals surface area (Å²) < 4.78 is 0. The van der Waals surface area contributed by atoms with Gasteiger partial charge in [-0.25, -0.2) is 15.0 Å². The molecule has 264 valence electrons. The third-order valence-corrected chi connectivity index (χ3v) is 9.16. The minimum absolute atomic E-state index is 0.620. The van der Waals surface area contributed by atoms with Crippen molar-refractivity contribution >= 4 is 0 Å². The second-order valence-corrected chi connectivity index (χ2v) is 13.3. The van der Waals surface area contributed by atoms with Crippen molar-refractivity contribution in [2.45, 2.75) is 41.5 Å². The van der Waals surface area contributed by atoms with Crippen molar-refractivity contribution in [2.24, 2.45) is 0 Å². The van der Waals surface area contributed by atoms with Gasteiger partial charge in [0, 0.05) is 39.5 Å². The van der Waals surface area contributed by atoms with Crippen LogP contribution in [0, 0.1) is 27.7 Å². The van der Waals surface area contributed by atoms with Crippen molar-refractivity contribution in [2.75, 3.05) is 0 Å². The van der Waals surface area contributed by atoms with E-state index in [1.165, 1.54) is 0 Å². The van der Waals surface area contributed by atoms with Crippen molar-refractivity contribution in [1.29, 1.82) is 0 Å². The van der Waals surface area contributed by atoms with Gasteiger partial charge in [-0.1, -0.05) is 123 Å². The minimum Gasteiger partial charge on any atom is -0.258 e. The minimum atomic E-state index is 0.620. The van der Waals surface area contributed by atoms with Gasteiger partial charge in [0.25, 0.3) is 0 Å². The Labute approximate surface area is 318 Å². The number of nitrogens with zero attached hydrogens (tertiary/aromatic N) is 5. The zero-order chi connectivity index (χ0) is 37.6. The molecule has 0 aliphatic carbocycles. The van der Waals surface area contributed by atoms with Gasteiger partial charge in [-0.3, -0.25) is 9.97 Å². The second kappa shape index (κ2) is 16.0. The molecule has 0 aliphatic heterocycles. The normalized spacial score (nSPS) is 10.8. The average molecular weight is 702 g/mol. The number of pyridine rings is 2. The molecule has 0 atom stereocenters. The molecule has 0 unspecified atom stereocenters. The largest absolute Gasteiger partial charge is 0.258 e. The van der Waals surface area contributed by atoms with E-state index in [0.717, 1.165) is 84.0 Å².